The predicted octanol–water partition coefficient (Wildman–Crippen LogP) is 3.10. The summed E-state index contributed by atoms with van der Waals surface area (Å²) in [5.74, 6) is -0.0455. The molecule has 1 aromatic carbocycles. The zero-order valence-corrected chi connectivity index (χ0v) is 17.9. The Hall–Kier alpha value is -2.91. The van der Waals surface area contributed by atoms with E-state index in [0.29, 0.717) is 30.6 Å². The summed E-state index contributed by atoms with van der Waals surface area (Å²) in [6.07, 6.45) is 4.73. The summed E-state index contributed by atoms with van der Waals surface area (Å²) in [4.78, 5) is 29.3. The third-order valence-corrected chi connectivity index (χ3v) is 5.89. The number of pyridine rings is 1. The van der Waals surface area contributed by atoms with E-state index in [1.807, 2.05) is 6.07 Å². The predicted molar refractivity (Wildman–Crippen MR) is 117 cm³/mol. The first-order chi connectivity index (χ1) is 14.5. The highest BCUT2D eigenvalue weighted by Gasteiger charge is 2.13. The summed E-state index contributed by atoms with van der Waals surface area (Å²) in [6, 6.07) is 10.4. The second-order valence-electron chi connectivity index (χ2n) is 8.10. The molecule has 2 aromatic rings. The Morgan fingerprint density at radius 3 is 2.47 bits per heavy atom. The monoisotopic (exact) mass is 406 g/mol. The van der Waals surface area contributed by atoms with E-state index < -0.39 is 0 Å². The van der Waals surface area contributed by atoms with Gasteiger partial charge in [0.15, 0.2) is 0 Å². The third kappa shape index (κ3) is 5.58. The molecule has 0 unspecified atom stereocenters. The Labute approximate surface area is 177 Å². The lowest BCUT2D eigenvalue weighted by Crippen LogP contribution is -2.29. The number of piperidine rings is 1. The number of nitriles is 1. The van der Waals surface area contributed by atoms with Crippen LogP contribution in [0.4, 0.5) is 0 Å². The number of rotatable bonds is 7. The minimum absolute atomic E-state index is 0.0455. The maximum Gasteiger partial charge on any atom is 0.266 e. The Balaban J connectivity index is 1.49. The second-order valence-corrected chi connectivity index (χ2v) is 8.10. The summed E-state index contributed by atoms with van der Waals surface area (Å²) < 4.78 is 0. The first-order valence-electron chi connectivity index (χ1n) is 10.7. The molecule has 0 spiro atoms. The highest BCUT2D eigenvalue weighted by molar-refractivity contribution is 5.76. The van der Waals surface area contributed by atoms with E-state index in [9.17, 15) is 9.59 Å². The number of aromatic amines is 1. The molecule has 1 aliphatic heterocycles. The van der Waals surface area contributed by atoms with E-state index in [-0.39, 0.29) is 17.0 Å². The molecule has 1 fully saturated rings. The molecule has 6 nitrogen and oxygen atoms in total. The minimum atomic E-state index is -0.371. The summed E-state index contributed by atoms with van der Waals surface area (Å²) in [5, 5.41) is 12.1. The van der Waals surface area contributed by atoms with Crippen LogP contribution in [-0.4, -0.2) is 28.9 Å². The molecule has 1 saturated heterocycles. The first kappa shape index (κ1) is 21.8. The Morgan fingerprint density at radius 1 is 1.13 bits per heavy atom. The lowest BCUT2D eigenvalue weighted by molar-refractivity contribution is -0.121. The molecule has 2 heterocycles. The van der Waals surface area contributed by atoms with E-state index in [4.69, 9.17) is 5.26 Å². The van der Waals surface area contributed by atoms with Gasteiger partial charge in [0.05, 0.1) is 0 Å². The van der Waals surface area contributed by atoms with Crippen LogP contribution in [0.25, 0.3) is 0 Å². The van der Waals surface area contributed by atoms with Gasteiger partial charge >= 0.3 is 0 Å². The van der Waals surface area contributed by atoms with Crippen LogP contribution < -0.4 is 10.9 Å². The number of carbonyl (C=O) groups is 1. The van der Waals surface area contributed by atoms with Crippen molar-refractivity contribution in [3.05, 3.63) is 68.1 Å². The Morgan fingerprint density at radius 2 is 1.80 bits per heavy atom. The number of hydrogen-bond acceptors (Lipinski definition) is 4. The molecule has 1 amide bonds. The molecule has 30 heavy (non-hydrogen) atoms. The van der Waals surface area contributed by atoms with Gasteiger partial charge in [0.25, 0.3) is 5.56 Å². The van der Waals surface area contributed by atoms with Gasteiger partial charge in [0, 0.05) is 25.2 Å². The molecule has 0 atom stereocenters. The van der Waals surface area contributed by atoms with Crippen molar-refractivity contribution >= 4 is 5.91 Å². The van der Waals surface area contributed by atoms with E-state index >= 15 is 0 Å². The van der Waals surface area contributed by atoms with E-state index in [2.05, 4.69) is 39.5 Å². The molecule has 3 rings (SSSR count). The first-order valence-corrected chi connectivity index (χ1v) is 10.7. The average molecular weight is 407 g/mol. The molecule has 0 radical (unpaired) electrons. The average Bonchev–Trinajstić information content (AvgIpc) is 2.74. The lowest BCUT2D eigenvalue weighted by Gasteiger charge is -2.26. The molecule has 0 aliphatic carbocycles. The van der Waals surface area contributed by atoms with Crippen molar-refractivity contribution in [1.82, 2.24) is 15.2 Å². The van der Waals surface area contributed by atoms with E-state index in [0.717, 1.165) is 17.7 Å². The van der Waals surface area contributed by atoms with Crippen molar-refractivity contribution in [2.24, 2.45) is 0 Å². The van der Waals surface area contributed by atoms with Gasteiger partial charge in [-0.3, -0.25) is 14.5 Å². The largest absolute Gasteiger partial charge is 0.352 e. The zero-order valence-electron chi connectivity index (χ0n) is 17.9. The molecule has 158 valence electrons. The van der Waals surface area contributed by atoms with Gasteiger partial charge < -0.3 is 10.3 Å². The van der Waals surface area contributed by atoms with Gasteiger partial charge in [-0.1, -0.05) is 30.7 Å². The van der Waals surface area contributed by atoms with Crippen LogP contribution in [0.2, 0.25) is 0 Å². The van der Waals surface area contributed by atoms with Crippen LogP contribution in [0.1, 0.15) is 59.2 Å². The van der Waals surface area contributed by atoms with Crippen molar-refractivity contribution in [2.45, 2.75) is 59.0 Å². The normalized spacial score (nSPS) is 14.3. The zero-order chi connectivity index (χ0) is 21.5. The fourth-order valence-electron chi connectivity index (χ4n) is 4.09. The minimum Gasteiger partial charge on any atom is -0.352 e. The number of nitrogens with one attached hydrogen (secondary N) is 2. The molecule has 0 bridgehead atoms. The van der Waals surface area contributed by atoms with Crippen LogP contribution in [0, 0.1) is 25.2 Å². The summed E-state index contributed by atoms with van der Waals surface area (Å²) in [5.41, 5.74) is 4.39. The summed E-state index contributed by atoms with van der Waals surface area (Å²) in [7, 11) is 0. The molecule has 2 N–H and O–H groups in total. The second kappa shape index (κ2) is 10.2. The number of aryl methyl sites for hydroxylation is 1. The third-order valence-electron chi connectivity index (χ3n) is 5.89. The quantitative estimate of drug-likeness (QED) is 0.739. The van der Waals surface area contributed by atoms with E-state index in [1.54, 1.807) is 13.8 Å². The number of likely N-dealkylation sites (tertiary alicyclic amines) is 1. The molecular weight excluding hydrogens is 376 g/mol. The smallest absolute Gasteiger partial charge is 0.266 e. The summed E-state index contributed by atoms with van der Waals surface area (Å²) in [6.45, 7) is 7.42. The van der Waals surface area contributed by atoms with Crippen LogP contribution >= 0.6 is 0 Å². The Bertz CT molecular complexity index is 980. The maximum absolute atomic E-state index is 12.3. The number of nitrogens with zero attached hydrogens (tertiary/aromatic N) is 2. The molecular formula is C24H30N4O2. The SMILES string of the molecule is Cc1[nH]c(=O)c(C#N)c(C)c1CCC(=O)NCc1ccc(CN2CCCCC2)cc1. The number of amides is 1. The van der Waals surface area contributed by atoms with Gasteiger partial charge in [0.2, 0.25) is 5.91 Å². The van der Waals surface area contributed by atoms with Crippen LogP contribution in [0.15, 0.2) is 29.1 Å². The van der Waals surface area contributed by atoms with Gasteiger partial charge in [-0.15, -0.1) is 0 Å². The number of aromatic nitrogens is 1. The van der Waals surface area contributed by atoms with Gasteiger partial charge in [0.1, 0.15) is 11.6 Å². The number of H-pyrrole nitrogens is 1. The van der Waals surface area contributed by atoms with Crippen molar-refractivity contribution in [3.8, 4) is 6.07 Å². The number of carbonyl (C=O) groups excluding carboxylic acids is 1. The van der Waals surface area contributed by atoms with Gasteiger partial charge in [-0.05, 0) is 68.5 Å². The fourth-order valence-corrected chi connectivity index (χ4v) is 4.09. The van der Waals surface area contributed by atoms with Crippen molar-refractivity contribution in [2.75, 3.05) is 13.1 Å². The van der Waals surface area contributed by atoms with Crippen LogP contribution in [0.3, 0.4) is 0 Å². The molecule has 1 aromatic heterocycles. The summed E-state index contributed by atoms with van der Waals surface area (Å²) >= 11 is 0. The topological polar surface area (TPSA) is 89.0 Å². The van der Waals surface area contributed by atoms with Crippen LogP contribution in [0.5, 0.6) is 0 Å². The number of benzene rings is 1. The molecule has 0 saturated carbocycles. The fraction of sp³-hybridized carbons (Fsp3) is 0.458. The van der Waals surface area contributed by atoms with Crippen molar-refractivity contribution in [1.29, 1.82) is 5.26 Å². The van der Waals surface area contributed by atoms with Crippen LogP contribution in [-0.2, 0) is 24.3 Å². The van der Waals surface area contributed by atoms with Crippen molar-refractivity contribution < 1.29 is 4.79 Å². The standard InChI is InChI=1S/C24H30N4O2/c1-17-21(18(2)27-24(30)22(17)14-25)10-11-23(29)26-15-19-6-8-20(9-7-19)16-28-12-4-3-5-13-28/h6-9H,3-5,10-13,15-16H2,1-2H3,(H,26,29)(H,27,30). The molecule has 6 heteroatoms. The maximum atomic E-state index is 12.3. The highest BCUT2D eigenvalue weighted by atomic mass is 16.1. The van der Waals surface area contributed by atoms with Gasteiger partial charge in [-0.25, -0.2) is 0 Å². The van der Waals surface area contributed by atoms with Crippen molar-refractivity contribution in [3.63, 3.8) is 0 Å². The highest BCUT2D eigenvalue weighted by Crippen LogP contribution is 2.16. The Kier molecular flexibility index (Phi) is 7.42. The lowest BCUT2D eigenvalue weighted by atomic mass is 9.99. The molecule has 1 aliphatic rings. The van der Waals surface area contributed by atoms with Gasteiger partial charge in [-0.2, -0.15) is 5.26 Å². The van der Waals surface area contributed by atoms with E-state index in [1.165, 1.54) is 37.9 Å². The number of hydrogen-bond donors (Lipinski definition) is 2.